The molecule has 208 valence electrons. The number of hydrogen-bond donors (Lipinski definition) is 3. The Hall–Kier alpha value is -3.68. The van der Waals surface area contributed by atoms with E-state index in [1.807, 2.05) is 68.4 Å². The van der Waals surface area contributed by atoms with Crippen LogP contribution in [-0.2, 0) is 24.3 Å². The number of thiocarbonyl (C=S) groups is 1. The van der Waals surface area contributed by atoms with Gasteiger partial charge in [0.1, 0.15) is 11.1 Å². The SMILES string of the molecule is Cc1ccc(NC(=S)Nc2cccc(SC(C)C(=O)Nc3sc4c(c3C#N)CCN(Cc3ccccc3)C4)c2)cc1. The van der Waals surface area contributed by atoms with Crippen LogP contribution in [0.15, 0.2) is 83.8 Å². The van der Waals surface area contributed by atoms with Gasteiger partial charge >= 0.3 is 0 Å². The van der Waals surface area contributed by atoms with Gasteiger partial charge in [-0.15, -0.1) is 23.1 Å². The quantitative estimate of drug-likeness (QED) is 0.144. The van der Waals surface area contributed by atoms with Crippen molar-refractivity contribution in [1.29, 1.82) is 5.26 Å². The van der Waals surface area contributed by atoms with Crippen LogP contribution in [0.2, 0.25) is 0 Å². The van der Waals surface area contributed by atoms with E-state index in [2.05, 4.69) is 51.2 Å². The number of carbonyl (C=O) groups is 1. The van der Waals surface area contributed by atoms with E-state index in [-0.39, 0.29) is 11.2 Å². The number of carbonyl (C=O) groups excluding carboxylic acids is 1. The molecule has 0 radical (unpaired) electrons. The number of nitrogens with zero attached hydrogens (tertiary/aromatic N) is 2. The van der Waals surface area contributed by atoms with Crippen LogP contribution in [0.1, 0.15) is 34.1 Å². The number of rotatable bonds is 8. The first kappa shape index (κ1) is 28.8. The Bertz CT molecular complexity index is 1580. The Balaban J connectivity index is 1.19. The molecule has 1 unspecified atom stereocenters. The molecule has 0 saturated carbocycles. The molecule has 0 spiro atoms. The molecule has 1 atom stereocenters. The van der Waals surface area contributed by atoms with Crippen LogP contribution in [0.3, 0.4) is 0 Å². The van der Waals surface area contributed by atoms with Gasteiger partial charge in [-0.3, -0.25) is 9.69 Å². The molecule has 1 aliphatic heterocycles. The van der Waals surface area contributed by atoms with E-state index in [0.29, 0.717) is 15.7 Å². The third-order valence-corrected chi connectivity index (χ3v) is 9.25. The zero-order valence-corrected chi connectivity index (χ0v) is 25.4. The van der Waals surface area contributed by atoms with Crippen molar-refractivity contribution in [2.45, 2.75) is 43.5 Å². The third kappa shape index (κ3) is 7.54. The van der Waals surface area contributed by atoms with E-state index in [4.69, 9.17) is 12.2 Å². The maximum atomic E-state index is 13.2. The molecule has 41 heavy (non-hydrogen) atoms. The van der Waals surface area contributed by atoms with Crippen molar-refractivity contribution < 1.29 is 4.79 Å². The van der Waals surface area contributed by atoms with Gasteiger partial charge in [0.15, 0.2) is 5.11 Å². The number of hydrogen-bond acceptors (Lipinski definition) is 6. The highest BCUT2D eigenvalue weighted by atomic mass is 32.2. The number of thioether (sulfide) groups is 1. The fourth-order valence-electron chi connectivity index (χ4n) is 4.69. The molecule has 5 rings (SSSR count). The van der Waals surface area contributed by atoms with Crippen LogP contribution in [0.25, 0.3) is 0 Å². The van der Waals surface area contributed by atoms with E-state index in [1.54, 1.807) is 0 Å². The second kappa shape index (κ2) is 13.3. The van der Waals surface area contributed by atoms with Crippen LogP contribution < -0.4 is 16.0 Å². The summed E-state index contributed by atoms with van der Waals surface area (Å²) in [6, 6.07) is 28.6. The average Bonchev–Trinajstić information content (AvgIpc) is 3.31. The summed E-state index contributed by atoms with van der Waals surface area (Å²) in [6.07, 6.45) is 0.808. The molecule has 2 heterocycles. The predicted octanol–water partition coefficient (Wildman–Crippen LogP) is 7.41. The number of benzene rings is 3. The normalized spacial score (nSPS) is 13.5. The molecule has 0 aliphatic carbocycles. The summed E-state index contributed by atoms with van der Waals surface area (Å²) in [4.78, 5) is 17.7. The van der Waals surface area contributed by atoms with E-state index >= 15 is 0 Å². The summed E-state index contributed by atoms with van der Waals surface area (Å²) in [6.45, 7) is 6.47. The molecule has 1 aromatic heterocycles. The van der Waals surface area contributed by atoms with Gasteiger partial charge in [0.25, 0.3) is 0 Å². The third-order valence-electron chi connectivity index (χ3n) is 6.82. The topological polar surface area (TPSA) is 80.2 Å². The molecule has 1 aliphatic rings. The summed E-state index contributed by atoms with van der Waals surface area (Å²) in [5.41, 5.74) is 5.90. The van der Waals surface area contributed by atoms with Crippen LogP contribution in [-0.4, -0.2) is 27.7 Å². The van der Waals surface area contributed by atoms with Gasteiger partial charge in [-0.1, -0.05) is 54.1 Å². The fourth-order valence-corrected chi connectivity index (χ4v) is 7.09. The van der Waals surface area contributed by atoms with Gasteiger partial charge in [0, 0.05) is 40.8 Å². The van der Waals surface area contributed by atoms with Crippen molar-refractivity contribution in [3.8, 4) is 6.07 Å². The second-order valence-corrected chi connectivity index (χ2v) is 12.9. The lowest BCUT2D eigenvalue weighted by molar-refractivity contribution is -0.115. The van der Waals surface area contributed by atoms with E-state index in [1.165, 1.54) is 34.2 Å². The molecule has 3 N–H and O–H groups in total. The smallest absolute Gasteiger partial charge is 0.238 e. The minimum Gasteiger partial charge on any atom is -0.332 e. The molecule has 4 aromatic rings. The fraction of sp³-hybridized carbons (Fsp3) is 0.219. The minimum atomic E-state index is -0.358. The largest absolute Gasteiger partial charge is 0.332 e. The lowest BCUT2D eigenvalue weighted by atomic mass is 10.0. The van der Waals surface area contributed by atoms with E-state index in [9.17, 15) is 10.1 Å². The summed E-state index contributed by atoms with van der Waals surface area (Å²) >= 11 is 8.47. The molecule has 6 nitrogen and oxygen atoms in total. The Labute approximate surface area is 254 Å². The Kier molecular flexibility index (Phi) is 9.37. The van der Waals surface area contributed by atoms with Gasteiger partial charge in [-0.25, -0.2) is 0 Å². The zero-order valence-electron chi connectivity index (χ0n) is 22.9. The summed E-state index contributed by atoms with van der Waals surface area (Å²) < 4.78 is 0. The number of nitriles is 1. The number of anilines is 3. The molecule has 0 saturated heterocycles. The maximum absolute atomic E-state index is 13.2. The van der Waals surface area contributed by atoms with Crippen molar-refractivity contribution in [3.63, 3.8) is 0 Å². The highest BCUT2D eigenvalue weighted by molar-refractivity contribution is 8.00. The van der Waals surface area contributed by atoms with Gasteiger partial charge in [-0.05, 0) is 73.9 Å². The van der Waals surface area contributed by atoms with Crippen molar-refractivity contribution >= 4 is 62.7 Å². The summed E-state index contributed by atoms with van der Waals surface area (Å²) in [5, 5.41) is 20.2. The van der Waals surface area contributed by atoms with Crippen LogP contribution in [0.5, 0.6) is 0 Å². The highest BCUT2D eigenvalue weighted by Crippen LogP contribution is 2.37. The molecular weight excluding hydrogens is 567 g/mol. The second-order valence-electron chi connectivity index (χ2n) is 9.99. The van der Waals surface area contributed by atoms with Crippen LogP contribution in [0, 0.1) is 18.3 Å². The number of nitrogens with one attached hydrogen (secondary N) is 3. The van der Waals surface area contributed by atoms with Crippen molar-refractivity contribution in [1.82, 2.24) is 4.90 Å². The Morgan fingerprint density at radius 2 is 1.80 bits per heavy atom. The number of aryl methyl sites for hydroxylation is 1. The van der Waals surface area contributed by atoms with Crippen LogP contribution in [0.4, 0.5) is 16.4 Å². The summed E-state index contributed by atoms with van der Waals surface area (Å²) in [5.74, 6) is -0.124. The lowest BCUT2D eigenvalue weighted by Gasteiger charge is -2.26. The first-order valence-electron chi connectivity index (χ1n) is 13.4. The zero-order chi connectivity index (χ0) is 28.8. The standard InChI is InChI=1S/C32H31N5OS3/c1-21-11-13-24(14-12-21)34-32(39)35-25-9-6-10-26(17-25)40-22(2)30(38)36-31-28(18-33)27-15-16-37(20-29(27)41-31)19-23-7-4-3-5-8-23/h3-14,17,22H,15-16,19-20H2,1-2H3,(H,36,38)(H2,34,35,39). The van der Waals surface area contributed by atoms with E-state index < -0.39 is 0 Å². The summed E-state index contributed by atoms with van der Waals surface area (Å²) in [7, 11) is 0. The molecular formula is C32H31N5OS3. The number of amides is 1. The number of thiophene rings is 1. The van der Waals surface area contributed by atoms with Crippen LogP contribution >= 0.6 is 35.3 Å². The van der Waals surface area contributed by atoms with Crippen molar-refractivity contribution in [3.05, 3.63) is 106 Å². The number of fused-ring (bicyclic) bond motifs is 1. The monoisotopic (exact) mass is 597 g/mol. The van der Waals surface area contributed by atoms with Gasteiger partial charge < -0.3 is 16.0 Å². The maximum Gasteiger partial charge on any atom is 0.238 e. The predicted molar refractivity (Wildman–Crippen MR) is 175 cm³/mol. The van der Waals surface area contributed by atoms with Crippen molar-refractivity contribution in [2.75, 3.05) is 22.5 Å². The van der Waals surface area contributed by atoms with E-state index in [0.717, 1.165) is 52.8 Å². The molecule has 0 bridgehead atoms. The molecule has 1 amide bonds. The van der Waals surface area contributed by atoms with Gasteiger partial charge in [0.05, 0.1) is 10.8 Å². The Morgan fingerprint density at radius 1 is 1.05 bits per heavy atom. The average molecular weight is 598 g/mol. The minimum absolute atomic E-state index is 0.124. The highest BCUT2D eigenvalue weighted by Gasteiger charge is 2.26. The van der Waals surface area contributed by atoms with Gasteiger partial charge in [0.2, 0.25) is 5.91 Å². The first-order valence-corrected chi connectivity index (χ1v) is 15.5. The first-order chi connectivity index (χ1) is 19.9. The van der Waals surface area contributed by atoms with Crippen molar-refractivity contribution in [2.24, 2.45) is 0 Å². The molecule has 0 fully saturated rings. The Morgan fingerprint density at radius 3 is 2.56 bits per heavy atom. The molecule has 9 heteroatoms. The lowest BCUT2D eigenvalue weighted by Crippen LogP contribution is -2.29. The van der Waals surface area contributed by atoms with Gasteiger partial charge in [-0.2, -0.15) is 5.26 Å². The molecule has 3 aromatic carbocycles.